The molecule has 0 unspecified atom stereocenters. The molecule has 7 heteroatoms. The number of amides is 1. The summed E-state index contributed by atoms with van der Waals surface area (Å²) in [5, 5.41) is 11.1. The molecule has 1 amide bonds. The fraction of sp³-hybridized carbons (Fsp3) is 0.0588. The van der Waals surface area contributed by atoms with Gasteiger partial charge in [0.25, 0.3) is 5.91 Å². The average Bonchev–Trinajstić information content (AvgIpc) is 2.94. The van der Waals surface area contributed by atoms with Gasteiger partial charge in [0.05, 0.1) is 5.52 Å². The monoisotopic (exact) mass is 359 g/mol. The number of nitrogens with zero attached hydrogens (tertiary/aromatic N) is 1. The Balaban J connectivity index is 1.89. The summed E-state index contributed by atoms with van der Waals surface area (Å²) in [6.07, 6.45) is 5.18. The van der Waals surface area contributed by atoms with Gasteiger partial charge in [-0.25, -0.2) is 0 Å². The lowest BCUT2D eigenvalue weighted by Crippen LogP contribution is -2.12. The number of H-pyrrole nitrogens is 1. The molecule has 3 rings (SSSR count). The molecule has 0 aliphatic rings. The second-order valence-electron chi connectivity index (χ2n) is 4.88. The van der Waals surface area contributed by atoms with Crippen LogP contribution >= 0.6 is 23.2 Å². The van der Waals surface area contributed by atoms with Gasteiger partial charge in [-0.2, -0.15) is 5.10 Å². The van der Waals surface area contributed by atoms with E-state index in [1.807, 2.05) is 0 Å². The van der Waals surface area contributed by atoms with E-state index in [0.717, 1.165) is 5.52 Å². The molecule has 0 spiro atoms. The highest BCUT2D eigenvalue weighted by Crippen LogP contribution is 2.26. The van der Waals surface area contributed by atoms with E-state index in [2.05, 4.69) is 21.4 Å². The molecule has 3 aromatic rings. The number of terminal acetylenes is 1. The average molecular weight is 360 g/mol. The number of anilines is 1. The molecule has 24 heavy (non-hydrogen) atoms. The Labute approximate surface area is 147 Å². The summed E-state index contributed by atoms with van der Waals surface area (Å²) in [7, 11) is 0. The molecule has 120 valence electrons. The maximum Gasteiger partial charge on any atom is 0.256 e. The van der Waals surface area contributed by atoms with Crippen LogP contribution in [-0.4, -0.2) is 22.7 Å². The zero-order valence-corrected chi connectivity index (χ0v) is 13.8. The molecule has 2 aromatic carbocycles. The van der Waals surface area contributed by atoms with Gasteiger partial charge < -0.3 is 10.1 Å². The predicted octanol–water partition coefficient (Wildman–Crippen LogP) is 4.13. The first-order valence-electron chi connectivity index (χ1n) is 6.88. The Morgan fingerprint density at radius 2 is 2.00 bits per heavy atom. The lowest BCUT2D eigenvalue weighted by molar-refractivity contribution is 0.102. The van der Waals surface area contributed by atoms with Gasteiger partial charge in [-0.05, 0) is 36.4 Å². The molecule has 0 saturated carbocycles. The SMILES string of the molecule is C#CCOc1ccc2[nH]nc(NC(=O)c3cc(Cl)cc(Cl)c3)c2c1. The van der Waals surface area contributed by atoms with Gasteiger partial charge in [-0.3, -0.25) is 9.89 Å². The minimum absolute atomic E-state index is 0.159. The van der Waals surface area contributed by atoms with Crippen LogP contribution in [0.2, 0.25) is 10.0 Å². The van der Waals surface area contributed by atoms with E-state index >= 15 is 0 Å². The number of rotatable bonds is 4. The zero-order chi connectivity index (χ0) is 17.1. The summed E-state index contributed by atoms with van der Waals surface area (Å²) in [6.45, 7) is 0.159. The maximum absolute atomic E-state index is 12.4. The number of hydrogen-bond donors (Lipinski definition) is 2. The van der Waals surface area contributed by atoms with Crippen LogP contribution in [0.25, 0.3) is 10.9 Å². The van der Waals surface area contributed by atoms with E-state index in [9.17, 15) is 4.79 Å². The molecule has 0 fully saturated rings. The van der Waals surface area contributed by atoms with E-state index in [-0.39, 0.29) is 12.5 Å². The van der Waals surface area contributed by atoms with Gasteiger partial charge >= 0.3 is 0 Å². The number of aromatic nitrogens is 2. The first-order chi connectivity index (χ1) is 11.6. The van der Waals surface area contributed by atoms with Crippen molar-refractivity contribution in [1.82, 2.24) is 10.2 Å². The fourth-order valence-corrected chi connectivity index (χ4v) is 2.69. The molecule has 1 aromatic heterocycles. The summed E-state index contributed by atoms with van der Waals surface area (Å²) in [4.78, 5) is 12.4. The number of carbonyl (C=O) groups excluding carboxylic acids is 1. The Bertz CT molecular complexity index is 940. The van der Waals surface area contributed by atoms with E-state index in [1.54, 1.807) is 24.3 Å². The summed E-state index contributed by atoms with van der Waals surface area (Å²) in [5.74, 6) is 2.98. The molecule has 0 radical (unpaired) electrons. The molecular formula is C17H11Cl2N3O2. The second kappa shape index (κ2) is 6.83. The van der Waals surface area contributed by atoms with Crippen molar-refractivity contribution in [2.75, 3.05) is 11.9 Å². The van der Waals surface area contributed by atoms with Crippen LogP contribution < -0.4 is 10.1 Å². The third kappa shape index (κ3) is 3.46. The van der Waals surface area contributed by atoms with Crippen molar-refractivity contribution in [3.63, 3.8) is 0 Å². The van der Waals surface area contributed by atoms with Gasteiger partial charge in [0, 0.05) is 21.0 Å². The van der Waals surface area contributed by atoms with Crippen molar-refractivity contribution in [3.8, 4) is 18.1 Å². The van der Waals surface area contributed by atoms with Crippen LogP contribution in [0.5, 0.6) is 5.75 Å². The van der Waals surface area contributed by atoms with Gasteiger partial charge in [0.2, 0.25) is 0 Å². The molecule has 0 saturated heterocycles. The van der Waals surface area contributed by atoms with Crippen LogP contribution in [0.4, 0.5) is 5.82 Å². The smallest absolute Gasteiger partial charge is 0.256 e. The van der Waals surface area contributed by atoms with E-state index in [4.69, 9.17) is 34.4 Å². The van der Waals surface area contributed by atoms with Crippen LogP contribution in [-0.2, 0) is 0 Å². The number of nitrogens with one attached hydrogen (secondary N) is 2. The number of benzene rings is 2. The Morgan fingerprint density at radius 1 is 1.25 bits per heavy atom. The Kier molecular flexibility index (Phi) is 4.61. The van der Waals surface area contributed by atoms with Crippen LogP contribution in [0.1, 0.15) is 10.4 Å². The standard InChI is InChI=1S/C17H11Cl2N3O2/c1-2-5-24-13-3-4-15-14(9-13)16(22-21-15)20-17(23)10-6-11(18)8-12(19)7-10/h1,3-4,6-9H,5H2,(H2,20,21,22,23). The second-order valence-corrected chi connectivity index (χ2v) is 5.76. The number of ether oxygens (including phenoxy) is 1. The number of fused-ring (bicyclic) bond motifs is 1. The first-order valence-corrected chi connectivity index (χ1v) is 7.64. The lowest BCUT2D eigenvalue weighted by Gasteiger charge is -2.05. The highest BCUT2D eigenvalue weighted by molar-refractivity contribution is 6.35. The topological polar surface area (TPSA) is 67.0 Å². The van der Waals surface area contributed by atoms with Crippen molar-refractivity contribution in [2.45, 2.75) is 0 Å². The summed E-state index contributed by atoms with van der Waals surface area (Å²) in [6, 6.07) is 9.91. The Hall–Kier alpha value is -2.68. The number of carbonyl (C=O) groups is 1. The van der Waals surface area contributed by atoms with Gasteiger partial charge in [-0.1, -0.05) is 29.1 Å². The van der Waals surface area contributed by atoms with Crippen molar-refractivity contribution >= 4 is 45.8 Å². The number of aromatic amines is 1. The highest BCUT2D eigenvalue weighted by Gasteiger charge is 2.13. The summed E-state index contributed by atoms with van der Waals surface area (Å²) >= 11 is 11.8. The third-order valence-corrected chi connectivity index (χ3v) is 3.65. The van der Waals surface area contributed by atoms with Crippen LogP contribution in [0.3, 0.4) is 0 Å². The Morgan fingerprint density at radius 3 is 2.71 bits per heavy atom. The van der Waals surface area contributed by atoms with Crippen LogP contribution in [0.15, 0.2) is 36.4 Å². The van der Waals surface area contributed by atoms with Crippen molar-refractivity contribution in [1.29, 1.82) is 0 Å². The lowest BCUT2D eigenvalue weighted by atomic mass is 10.2. The van der Waals surface area contributed by atoms with E-state index < -0.39 is 0 Å². The fourth-order valence-electron chi connectivity index (χ4n) is 2.17. The number of hydrogen-bond acceptors (Lipinski definition) is 3. The van der Waals surface area contributed by atoms with Gasteiger partial charge in [0.1, 0.15) is 12.4 Å². The summed E-state index contributed by atoms with van der Waals surface area (Å²) < 4.78 is 5.38. The highest BCUT2D eigenvalue weighted by atomic mass is 35.5. The minimum Gasteiger partial charge on any atom is -0.481 e. The predicted molar refractivity (Wildman–Crippen MR) is 94.8 cm³/mol. The van der Waals surface area contributed by atoms with Crippen molar-refractivity contribution in [3.05, 3.63) is 52.0 Å². The van der Waals surface area contributed by atoms with Crippen LogP contribution in [0, 0.1) is 12.3 Å². The molecule has 0 bridgehead atoms. The molecule has 0 aliphatic carbocycles. The van der Waals surface area contributed by atoms with Crippen molar-refractivity contribution in [2.24, 2.45) is 0 Å². The molecule has 2 N–H and O–H groups in total. The third-order valence-electron chi connectivity index (χ3n) is 3.21. The maximum atomic E-state index is 12.4. The number of halogens is 2. The molecule has 5 nitrogen and oxygen atoms in total. The summed E-state index contributed by atoms with van der Waals surface area (Å²) in [5.41, 5.74) is 1.09. The largest absolute Gasteiger partial charge is 0.481 e. The quantitative estimate of drug-likeness (QED) is 0.688. The van der Waals surface area contributed by atoms with E-state index in [1.165, 1.54) is 12.1 Å². The van der Waals surface area contributed by atoms with Gasteiger partial charge in [-0.15, -0.1) is 6.42 Å². The molecular weight excluding hydrogens is 349 g/mol. The zero-order valence-electron chi connectivity index (χ0n) is 12.3. The van der Waals surface area contributed by atoms with Crippen molar-refractivity contribution < 1.29 is 9.53 Å². The first kappa shape index (κ1) is 16.2. The normalized spacial score (nSPS) is 10.4. The van der Waals surface area contributed by atoms with E-state index in [0.29, 0.717) is 32.6 Å². The molecule has 0 aliphatic heterocycles. The van der Waals surface area contributed by atoms with Gasteiger partial charge in [0.15, 0.2) is 5.82 Å². The minimum atomic E-state index is -0.372. The molecule has 1 heterocycles. The molecule has 0 atom stereocenters.